The molecule has 2 aliphatic rings. The van der Waals surface area contributed by atoms with E-state index in [-0.39, 0.29) is 0 Å². The van der Waals surface area contributed by atoms with E-state index >= 15 is 0 Å². The number of nitrogens with one attached hydrogen (secondary N) is 1. The first-order valence-corrected chi connectivity index (χ1v) is 8.37. The van der Waals surface area contributed by atoms with Gasteiger partial charge in [-0.3, -0.25) is 4.90 Å². The van der Waals surface area contributed by atoms with Gasteiger partial charge in [0.15, 0.2) is 0 Å². The molecule has 0 bridgehead atoms. The van der Waals surface area contributed by atoms with Gasteiger partial charge in [-0.05, 0) is 31.4 Å². The second kappa shape index (κ2) is 6.91. The average molecular weight is 288 g/mol. The highest BCUT2D eigenvalue weighted by Gasteiger charge is 2.37. The van der Waals surface area contributed by atoms with Gasteiger partial charge in [0.1, 0.15) is 0 Å². The number of ether oxygens (including phenoxy) is 1. The molecule has 1 saturated carbocycles. The third kappa shape index (κ3) is 4.29. The molecule has 1 heterocycles. The van der Waals surface area contributed by atoms with E-state index in [0.29, 0.717) is 5.41 Å². The van der Waals surface area contributed by atoms with Gasteiger partial charge in [0.2, 0.25) is 0 Å². The lowest BCUT2D eigenvalue weighted by atomic mass is 9.86. The van der Waals surface area contributed by atoms with E-state index in [2.05, 4.69) is 47.5 Å². The summed E-state index contributed by atoms with van der Waals surface area (Å²) < 4.78 is 5.74. The highest BCUT2D eigenvalue weighted by Crippen LogP contribution is 2.31. The summed E-state index contributed by atoms with van der Waals surface area (Å²) in [7, 11) is 0. The first kappa shape index (κ1) is 15.0. The molecule has 3 nitrogen and oxygen atoms in total. The molecular weight excluding hydrogens is 260 g/mol. The van der Waals surface area contributed by atoms with Crippen molar-refractivity contribution in [2.75, 3.05) is 32.8 Å². The second-order valence-electron chi connectivity index (χ2n) is 6.75. The van der Waals surface area contributed by atoms with Crippen molar-refractivity contribution in [3.63, 3.8) is 0 Å². The molecule has 21 heavy (non-hydrogen) atoms. The molecule has 3 rings (SSSR count). The third-order valence-electron chi connectivity index (χ3n) is 4.78. The first-order chi connectivity index (χ1) is 10.3. The molecule has 116 valence electrons. The Balaban J connectivity index is 1.59. The monoisotopic (exact) mass is 288 g/mol. The highest BCUT2D eigenvalue weighted by molar-refractivity contribution is 5.14. The molecule has 0 spiro atoms. The lowest BCUT2D eigenvalue weighted by molar-refractivity contribution is 0.107. The number of benzene rings is 1. The van der Waals surface area contributed by atoms with Gasteiger partial charge in [-0.2, -0.15) is 0 Å². The molecule has 1 aromatic rings. The summed E-state index contributed by atoms with van der Waals surface area (Å²) in [5.41, 5.74) is 1.72. The average Bonchev–Trinajstić information content (AvgIpc) is 3.25. The van der Waals surface area contributed by atoms with Gasteiger partial charge in [-0.1, -0.05) is 37.3 Å². The van der Waals surface area contributed by atoms with E-state index in [1.54, 1.807) is 0 Å². The zero-order valence-corrected chi connectivity index (χ0v) is 13.2. The molecule has 1 aromatic carbocycles. The molecule has 1 aliphatic carbocycles. The van der Waals surface area contributed by atoms with Crippen molar-refractivity contribution in [1.82, 2.24) is 10.2 Å². The smallest absolute Gasteiger partial charge is 0.0547 e. The normalized spacial score (nSPS) is 25.6. The van der Waals surface area contributed by atoms with Gasteiger partial charge < -0.3 is 10.1 Å². The summed E-state index contributed by atoms with van der Waals surface area (Å²) in [6, 6.07) is 11.6. The van der Waals surface area contributed by atoms with E-state index in [1.807, 2.05) is 0 Å². The quantitative estimate of drug-likeness (QED) is 0.796. The Hall–Kier alpha value is -0.900. The molecule has 1 saturated heterocycles. The Kier molecular flexibility index (Phi) is 4.94. The number of rotatable bonds is 8. The van der Waals surface area contributed by atoms with E-state index in [0.717, 1.165) is 45.4 Å². The number of hydrogen-bond donors (Lipinski definition) is 1. The molecule has 3 heteroatoms. The van der Waals surface area contributed by atoms with Crippen LogP contribution in [0.15, 0.2) is 30.3 Å². The molecule has 0 aromatic heterocycles. The summed E-state index contributed by atoms with van der Waals surface area (Å²) >= 11 is 0. The molecule has 1 atom stereocenters. The lowest BCUT2D eigenvalue weighted by Crippen LogP contribution is -2.45. The summed E-state index contributed by atoms with van der Waals surface area (Å²) in [6.45, 7) is 8.50. The maximum absolute atomic E-state index is 5.74. The molecule has 1 unspecified atom stereocenters. The minimum Gasteiger partial charge on any atom is -0.381 e. The van der Waals surface area contributed by atoms with Crippen LogP contribution < -0.4 is 5.32 Å². The molecule has 1 aliphatic heterocycles. The minimum atomic E-state index is 0.313. The largest absolute Gasteiger partial charge is 0.381 e. The summed E-state index contributed by atoms with van der Waals surface area (Å²) in [5, 5.41) is 3.73. The van der Waals surface area contributed by atoms with Crippen LogP contribution in [0.25, 0.3) is 0 Å². The topological polar surface area (TPSA) is 24.5 Å². The zero-order valence-electron chi connectivity index (χ0n) is 13.2. The molecule has 0 amide bonds. The maximum atomic E-state index is 5.74. The molecule has 2 fully saturated rings. The fourth-order valence-electron chi connectivity index (χ4n) is 3.21. The molecule has 1 N–H and O–H groups in total. The van der Waals surface area contributed by atoms with Crippen molar-refractivity contribution in [2.45, 2.75) is 38.8 Å². The maximum Gasteiger partial charge on any atom is 0.0547 e. The van der Waals surface area contributed by atoms with Crippen LogP contribution >= 0.6 is 0 Å². The SMILES string of the molecule is CCN(Cc1ccccc1)CC1(CNC2CC2)CCOC1. The third-order valence-corrected chi connectivity index (χ3v) is 4.78. The van der Waals surface area contributed by atoms with Crippen LogP contribution in [0.5, 0.6) is 0 Å². The Bertz CT molecular complexity index is 424. The Morgan fingerprint density at radius 2 is 2.10 bits per heavy atom. The van der Waals surface area contributed by atoms with Crippen molar-refractivity contribution in [2.24, 2.45) is 5.41 Å². The van der Waals surface area contributed by atoms with E-state index in [9.17, 15) is 0 Å². The first-order valence-electron chi connectivity index (χ1n) is 8.37. The highest BCUT2D eigenvalue weighted by atomic mass is 16.5. The van der Waals surface area contributed by atoms with Gasteiger partial charge >= 0.3 is 0 Å². The summed E-state index contributed by atoms with van der Waals surface area (Å²) in [5.74, 6) is 0. The standard InChI is InChI=1S/C18H28N2O/c1-2-20(12-16-6-4-3-5-7-16)14-18(10-11-21-15-18)13-19-17-8-9-17/h3-7,17,19H,2,8-15H2,1H3. The molecular formula is C18H28N2O. The fourth-order valence-corrected chi connectivity index (χ4v) is 3.21. The van der Waals surface area contributed by atoms with Gasteiger partial charge in [0, 0.05) is 37.7 Å². The van der Waals surface area contributed by atoms with Crippen LogP contribution in [0.4, 0.5) is 0 Å². The van der Waals surface area contributed by atoms with Crippen LogP contribution in [0, 0.1) is 5.41 Å². The zero-order chi connectivity index (χ0) is 14.5. The van der Waals surface area contributed by atoms with Crippen molar-refractivity contribution in [3.8, 4) is 0 Å². The van der Waals surface area contributed by atoms with Gasteiger partial charge in [0.25, 0.3) is 0 Å². The molecule has 0 radical (unpaired) electrons. The summed E-state index contributed by atoms with van der Waals surface area (Å²) in [6.07, 6.45) is 3.91. The van der Waals surface area contributed by atoms with Gasteiger partial charge in [-0.15, -0.1) is 0 Å². The lowest BCUT2D eigenvalue weighted by Gasteiger charge is -2.34. The predicted octanol–water partition coefficient (Wildman–Crippen LogP) is 2.67. The van der Waals surface area contributed by atoms with E-state index < -0.39 is 0 Å². The predicted molar refractivity (Wildman–Crippen MR) is 86.3 cm³/mol. The van der Waals surface area contributed by atoms with E-state index in [4.69, 9.17) is 4.74 Å². The van der Waals surface area contributed by atoms with Crippen molar-refractivity contribution in [3.05, 3.63) is 35.9 Å². The van der Waals surface area contributed by atoms with Crippen LogP contribution in [0.3, 0.4) is 0 Å². The Morgan fingerprint density at radius 3 is 2.71 bits per heavy atom. The van der Waals surface area contributed by atoms with Crippen molar-refractivity contribution in [1.29, 1.82) is 0 Å². The number of hydrogen-bond acceptors (Lipinski definition) is 3. The summed E-state index contributed by atoms with van der Waals surface area (Å²) in [4.78, 5) is 2.57. The number of nitrogens with zero attached hydrogens (tertiary/aromatic N) is 1. The fraction of sp³-hybridized carbons (Fsp3) is 0.667. The van der Waals surface area contributed by atoms with Gasteiger partial charge in [-0.25, -0.2) is 0 Å². The Labute approximate surface area is 128 Å². The van der Waals surface area contributed by atoms with Crippen LogP contribution in [0.2, 0.25) is 0 Å². The van der Waals surface area contributed by atoms with E-state index in [1.165, 1.54) is 24.8 Å². The van der Waals surface area contributed by atoms with Crippen LogP contribution in [-0.4, -0.2) is 43.8 Å². The Morgan fingerprint density at radius 1 is 1.29 bits per heavy atom. The van der Waals surface area contributed by atoms with Crippen molar-refractivity contribution < 1.29 is 4.74 Å². The van der Waals surface area contributed by atoms with Crippen LogP contribution in [-0.2, 0) is 11.3 Å². The minimum absolute atomic E-state index is 0.313. The van der Waals surface area contributed by atoms with Crippen LogP contribution in [0.1, 0.15) is 31.7 Å². The second-order valence-corrected chi connectivity index (χ2v) is 6.75. The van der Waals surface area contributed by atoms with Crippen molar-refractivity contribution >= 4 is 0 Å². The van der Waals surface area contributed by atoms with Gasteiger partial charge in [0.05, 0.1) is 6.61 Å².